The Bertz CT molecular complexity index is 205. The van der Waals surface area contributed by atoms with E-state index in [0.29, 0.717) is 0 Å². The smallest absolute Gasteiger partial charge is 0.158 e. The summed E-state index contributed by atoms with van der Waals surface area (Å²) >= 11 is 1.72. The van der Waals surface area contributed by atoms with Gasteiger partial charge in [-0.2, -0.15) is 0 Å². The molecule has 0 bridgehead atoms. The van der Waals surface area contributed by atoms with Gasteiger partial charge in [-0.15, -0.1) is 0 Å². The van der Waals surface area contributed by atoms with Crippen LogP contribution in [0.15, 0.2) is 20.8 Å². The zero-order valence-corrected chi connectivity index (χ0v) is 6.19. The Morgan fingerprint density at radius 3 is 3.30 bits per heavy atom. The van der Waals surface area contributed by atoms with Crippen molar-refractivity contribution < 1.29 is 0 Å². The van der Waals surface area contributed by atoms with E-state index in [2.05, 4.69) is 15.3 Å². The fraction of sp³-hybridized carbons (Fsp3) is 0.333. The van der Waals surface area contributed by atoms with Gasteiger partial charge in [-0.1, -0.05) is 11.8 Å². The summed E-state index contributed by atoms with van der Waals surface area (Å²) in [5.41, 5.74) is 0. The molecule has 0 aliphatic carbocycles. The molecule has 0 spiro atoms. The highest BCUT2D eigenvalue weighted by atomic mass is 32.2. The molecule has 0 saturated carbocycles. The summed E-state index contributed by atoms with van der Waals surface area (Å²) in [6.07, 6.45) is 3.77. The monoisotopic (exact) mass is 153 g/mol. The Kier molecular flexibility index (Phi) is 1.47. The lowest BCUT2D eigenvalue weighted by Gasteiger charge is -2.14. The highest BCUT2D eigenvalue weighted by Crippen LogP contribution is 2.23. The van der Waals surface area contributed by atoms with E-state index >= 15 is 0 Å². The molecule has 0 fully saturated rings. The van der Waals surface area contributed by atoms with Crippen LogP contribution in [0.3, 0.4) is 0 Å². The van der Waals surface area contributed by atoms with Crippen molar-refractivity contribution in [2.75, 3.05) is 12.3 Å². The zero-order valence-electron chi connectivity index (χ0n) is 5.37. The summed E-state index contributed by atoms with van der Waals surface area (Å²) in [4.78, 5) is 8.35. The maximum Gasteiger partial charge on any atom is 0.158 e. The lowest BCUT2D eigenvalue weighted by atomic mass is 10.5. The molecule has 1 N–H and O–H groups in total. The minimum absolute atomic E-state index is 0.802. The van der Waals surface area contributed by atoms with Gasteiger partial charge in [-0.25, -0.2) is 9.98 Å². The molecule has 0 aromatic rings. The van der Waals surface area contributed by atoms with E-state index in [4.69, 9.17) is 0 Å². The predicted octanol–water partition coefficient (Wildman–Crippen LogP) is 0.605. The number of aliphatic imine (C=N–C) groups is 2. The van der Waals surface area contributed by atoms with Crippen LogP contribution in [0.5, 0.6) is 0 Å². The molecule has 0 amide bonds. The molecule has 0 atom stereocenters. The van der Waals surface area contributed by atoms with Gasteiger partial charge in [-0.05, 0) is 0 Å². The molecular weight excluding hydrogens is 146 g/mol. The van der Waals surface area contributed by atoms with Crippen molar-refractivity contribution in [1.82, 2.24) is 5.32 Å². The molecule has 0 saturated heterocycles. The maximum absolute atomic E-state index is 4.19. The van der Waals surface area contributed by atoms with Gasteiger partial charge in [0.25, 0.3) is 0 Å². The lowest BCUT2D eigenvalue weighted by Crippen LogP contribution is -2.21. The minimum Gasteiger partial charge on any atom is -0.363 e. The Balaban J connectivity index is 2.32. The average molecular weight is 153 g/mol. The quantitative estimate of drug-likeness (QED) is 0.553. The Labute approximate surface area is 63.3 Å². The van der Waals surface area contributed by atoms with Crippen molar-refractivity contribution in [3.05, 3.63) is 10.9 Å². The zero-order chi connectivity index (χ0) is 6.81. The molecule has 0 radical (unpaired) electrons. The first-order valence-electron chi connectivity index (χ1n) is 3.13. The Morgan fingerprint density at radius 2 is 2.40 bits per heavy atom. The van der Waals surface area contributed by atoms with E-state index in [1.807, 2.05) is 12.4 Å². The highest BCUT2D eigenvalue weighted by molar-refractivity contribution is 8.03. The summed E-state index contributed by atoms with van der Waals surface area (Å²) in [6, 6.07) is 0. The molecule has 0 aromatic heterocycles. The van der Waals surface area contributed by atoms with Gasteiger partial charge in [0.15, 0.2) is 5.82 Å². The second-order valence-electron chi connectivity index (χ2n) is 1.97. The van der Waals surface area contributed by atoms with Gasteiger partial charge in [0, 0.05) is 18.2 Å². The fourth-order valence-electron chi connectivity index (χ4n) is 0.859. The van der Waals surface area contributed by atoms with Crippen molar-refractivity contribution in [3.63, 3.8) is 0 Å². The van der Waals surface area contributed by atoms with Crippen LogP contribution in [0.4, 0.5) is 0 Å². The van der Waals surface area contributed by atoms with Gasteiger partial charge >= 0.3 is 0 Å². The third kappa shape index (κ3) is 0.945. The van der Waals surface area contributed by atoms with E-state index in [1.165, 1.54) is 0 Å². The third-order valence-electron chi connectivity index (χ3n) is 1.29. The standard InChI is InChI=1S/C6H7N3S/c1-2-9-6-5(7-1)8-3-4-10-6/h2-3,7H,1,4H2. The number of thioether (sulfide) groups is 1. The van der Waals surface area contributed by atoms with Crippen LogP contribution in [0.1, 0.15) is 0 Å². The van der Waals surface area contributed by atoms with Gasteiger partial charge < -0.3 is 5.32 Å². The second-order valence-corrected chi connectivity index (χ2v) is 2.98. The molecule has 3 nitrogen and oxygen atoms in total. The molecular formula is C6H7N3S. The highest BCUT2D eigenvalue weighted by Gasteiger charge is 2.10. The molecule has 52 valence electrons. The van der Waals surface area contributed by atoms with Crippen molar-refractivity contribution in [1.29, 1.82) is 0 Å². The number of rotatable bonds is 0. The van der Waals surface area contributed by atoms with Crippen LogP contribution in [-0.4, -0.2) is 24.7 Å². The van der Waals surface area contributed by atoms with Crippen LogP contribution in [0.2, 0.25) is 0 Å². The van der Waals surface area contributed by atoms with Crippen molar-refractivity contribution in [2.24, 2.45) is 9.98 Å². The van der Waals surface area contributed by atoms with E-state index in [1.54, 1.807) is 11.8 Å². The Morgan fingerprint density at radius 1 is 1.40 bits per heavy atom. The van der Waals surface area contributed by atoms with E-state index in [-0.39, 0.29) is 0 Å². The molecule has 10 heavy (non-hydrogen) atoms. The first-order chi connectivity index (χ1) is 4.97. The minimum atomic E-state index is 0.802. The van der Waals surface area contributed by atoms with Gasteiger partial charge in [0.1, 0.15) is 5.03 Å². The number of nitrogens with zero attached hydrogens (tertiary/aromatic N) is 2. The SMILES string of the molecule is C1=NC2=C(N=CCN2)SC1. The van der Waals surface area contributed by atoms with Crippen LogP contribution in [0.25, 0.3) is 0 Å². The van der Waals surface area contributed by atoms with Crippen molar-refractivity contribution >= 4 is 24.2 Å². The summed E-state index contributed by atoms with van der Waals surface area (Å²) < 4.78 is 0. The molecule has 2 aliphatic rings. The maximum atomic E-state index is 4.19. The van der Waals surface area contributed by atoms with Crippen LogP contribution in [0, 0.1) is 0 Å². The summed E-state index contributed by atoms with van der Waals surface area (Å²) in [6.45, 7) is 0.802. The summed E-state index contributed by atoms with van der Waals surface area (Å²) in [7, 11) is 0. The molecule has 2 rings (SSSR count). The number of hydrogen-bond acceptors (Lipinski definition) is 4. The number of nitrogens with one attached hydrogen (secondary N) is 1. The fourth-order valence-corrected chi connectivity index (χ4v) is 1.58. The van der Waals surface area contributed by atoms with Crippen LogP contribution in [-0.2, 0) is 0 Å². The molecule has 0 aromatic carbocycles. The van der Waals surface area contributed by atoms with Crippen molar-refractivity contribution in [2.45, 2.75) is 0 Å². The van der Waals surface area contributed by atoms with Gasteiger partial charge in [-0.3, -0.25) is 0 Å². The van der Waals surface area contributed by atoms with E-state index in [0.717, 1.165) is 23.1 Å². The first kappa shape index (κ1) is 5.97. The molecule has 4 heteroatoms. The van der Waals surface area contributed by atoms with E-state index < -0.39 is 0 Å². The van der Waals surface area contributed by atoms with Crippen molar-refractivity contribution in [3.8, 4) is 0 Å². The second kappa shape index (κ2) is 2.46. The summed E-state index contributed by atoms with van der Waals surface area (Å²) in [5, 5.41) is 4.15. The van der Waals surface area contributed by atoms with Crippen LogP contribution >= 0.6 is 11.8 Å². The number of hydrogen-bond donors (Lipinski definition) is 1. The lowest BCUT2D eigenvalue weighted by molar-refractivity contribution is 0.888. The predicted molar refractivity (Wildman–Crippen MR) is 44.5 cm³/mol. The van der Waals surface area contributed by atoms with E-state index in [9.17, 15) is 0 Å². The Hall–Kier alpha value is -0.770. The molecule has 2 aliphatic heterocycles. The largest absolute Gasteiger partial charge is 0.363 e. The van der Waals surface area contributed by atoms with Crippen LogP contribution < -0.4 is 5.32 Å². The average Bonchev–Trinajstić information content (AvgIpc) is 2.05. The molecule has 0 unspecified atom stereocenters. The van der Waals surface area contributed by atoms with Gasteiger partial charge in [0.05, 0.1) is 6.54 Å². The topological polar surface area (TPSA) is 36.8 Å². The van der Waals surface area contributed by atoms with Gasteiger partial charge in [0.2, 0.25) is 0 Å². The molecule has 2 heterocycles. The normalized spacial score (nSPS) is 22.4. The summed E-state index contributed by atoms with van der Waals surface area (Å²) in [5.74, 6) is 1.87. The first-order valence-corrected chi connectivity index (χ1v) is 4.11. The third-order valence-corrected chi connectivity index (χ3v) is 2.17.